The van der Waals surface area contributed by atoms with Gasteiger partial charge in [-0.3, -0.25) is 0 Å². The van der Waals surface area contributed by atoms with Gasteiger partial charge in [-0.15, -0.1) is 11.3 Å². The van der Waals surface area contributed by atoms with E-state index in [1.165, 1.54) is 70.3 Å². The summed E-state index contributed by atoms with van der Waals surface area (Å²) in [6.07, 6.45) is 10.00. The van der Waals surface area contributed by atoms with Gasteiger partial charge in [0, 0.05) is 54.2 Å². The standard InChI is InChI=1S/C57H43NOS/c1-6-19-40(20-7-1)48(41-21-8-2-9-22-41)35-39-36-50(58(44-25-12-4-13-26-44)45-27-14-5-15-28-45)57-49-38-43(33-34-53(49)60-54(57)37-39)55(42-23-10-3-11-24-42)47-30-18-32-52-56(47)46-29-16-17-31-51(46)59-52/h1-4,6-14,16-34,36-38,48,55H,5,15,35H2. The van der Waals surface area contributed by atoms with Crippen molar-refractivity contribution in [2.24, 2.45) is 0 Å². The molecule has 0 saturated carbocycles. The van der Waals surface area contributed by atoms with Gasteiger partial charge < -0.3 is 9.32 Å². The summed E-state index contributed by atoms with van der Waals surface area (Å²) in [6.45, 7) is 0. The fourth-order valence-electron chi connectivity index (χ4n) is 9.48. The van der Waals surface area contributed by atoms with Gasteiger partial charge >= 0.3 is 0 Å². The third kappa shape index (κ3) is 6.62. The van der Waals surface area contributed by atoms with Crippen molar-refractivity contribution in [1.29, 1.82) is 0 Å². The number of nitrogens with zero attached hydrogens (tertiary/aromatic N) is 1. The lowest BCUT2D eigenvalue weighted by molar-refractivity contribution is 0.668. The summed E-state index contributed by atoms with van der Waals surface area (Å²) in [5, 5.41) is 4.90. The van der Waals surface area contributed by atoms with Crippen LogP contribution in [0.3, 0.4) is 0 Å². The van der Waals surface area contributed by atoms with Crippen LogP contribution in [0.25, 0.3) is 42.1 Å². The molecule has 1 atom stereocenters. The first-order valence-electron chi connectivity index (χ1n) is 21.0. The molecule has 11 rings (SSSR count). The molecule has 10 aromatic rings. The van der Waals surface area contributed by atoms with Crippen LogP contribution < -0.4 is 4.90 Å². The van der Waals surface area contributed by atoms with Crippen molar-refractivity contribution in [2.75, 3.05) is 4.90 Å². The van der Waals surface area contributed by atoms with E-state index in [9.17, 15) is 0 Å². The Morgan fingerprint density at radius 2 is 1.18 bits per heavy atom. The highest BCUT2D eigenvalue weighted by atomic mass is 32.1. The van der Waals surface area contributed by atoms with Gasteiger partial charge in [0.15, 0.2) is 0 Å². The minimum absolute atomic E-state index is 0.00954. The molecular weight excluding hydrogens is 747 g/mol. The highest BCUT2D eigenvalue weighted by molar-refractivity contribution is 7.26. The highest BCUT2D eigenvalue weighted by Gasteiger charge is 2.26. The molecule has 8 aromatic carbocycles. The zero-order valence-corrected chi connectivity index (χ0v) is 34.1. The fourth-order valence-corrected chi connectivity index (χ4v) is 10.6. The Labute approximate surface area is 355 Å². The topological polar surface area (TPSA) is 16.4 Å². The number of fused-ring (bicyclic) bond motifs is 6. The summed E-state index contributed by atoms with van der Waals surface area (Å²) >= 11 is 1.91. The van der Waals surface area contributed by atoms with E-state index in [1.54, 1.807) is 0 Å². The van der Waals surface area contributed by atoms with Crippen LogP contribution in [-0.2, 0) is 6.42 Å². The predicted molar refractivity (Wildman–Crippen MR) is 254 cm³/mol. The fraction of sp³-hybridized carbons (Fsp3) is 0.0877. The molecule has 2 aromatic heterocycles. The Hall–Kier alpha value is -6.94. The van der Waals surface area contributed by atoms with Crippen LogP contribution in [0.2, 0.25) is 0 Å². The maximum atomic E-state index is 6.45. The molecule has 2 heterocycles. The first kappa shape index (κ1) is 36.2. The van der Waals surface area contributed by atoms with E-state index in [2.05, 4.69) is 217 Å². The molecule has 3 heteroatoms. The van der Waals surface area contributed by atoms with E-state index in [1.807, 2.05) is 11.3 Å². The second-order valence-corrected chi connectivity index (χ2v) is 16.9. The van der Waals surface area contributed by atoms with E-state index >= 15 is 0 Å². The average molecular weight is 790 g/mol. The van der Waals surface area contributed by atoms with Gasteiger partial charge in [-0.05, 0) is 107 Å². The summed E-state index contributed by atoms with van der Waals surface area (Å²) < 4.78 is 9.04. The molecule has 0 amide bonds. The largest absolute Gasteiger partial charge is 0.456 e. The molecule has 1 aliphatic rings. The number of benzene rings is 8. The quantitative estimate of drug-likeness (QED) is 0.128. The van der Waals surface area contributed by atoms with Crippen LogP contribution in [0, 0.1) is 0 Å². The van der Waals surface area contributed by atoms with Gasteiger partial charge in [0.05, 0.1) is 5.69 Å². The number of para-hydroxylation sites is 2. The molecule has 1 unspecified atom stereocenters. The lowest BCUT2D eigenvalue weighted by atomic mass is 9.82. The molecule has 60 heavy (non-hydrogen) atoms. The van der Waals surface area contributed by atoms with Crippen molar-refractivity contribution in [3.8, 4) is 0 Å². The molecule has 2 nitrogen and oxygen atoms in total. The van der Waals surface area contributed by atoms with Crippen LogP contribution in [0.15, 0.2) is 222 Å². The Morgan fingerprint density at radius 1 is 0.517 bits per heavy atom. The summed E-state index contributed by atoms with van der Waals surface area (Å²) in [7, 11) is 0. The van der Waals surface area contributed by atoms with Crippen molar-refractivity contribution in [2.45, 2.75) is 31.1 Å². The zero-order chi connectivity index (χ0) is 39.8. The number of hydrogen-bond donors (Lipinski definition) is 0. The second-order valence-electron chi connectivity index (χ2n) is 15.9. The Morgan fingerprint density at radius 3 is 1.90 bits per heavy atom. The highest BCUT2D eigenvalue weighted by Crippen LogP contribution is 2.48. The third-order valence-electron chi connectivity index (χ3n) is 12.2. The van der Waals surface area contributed by atoms with E-state index in [0.29, 0.717) is 0 Å². The summed E-state index contributed by atoms with van der Waals surface area (Å²) in [5.74, 6) is 0.204. The first-order chi connectivity index (χ1) is 29.8. The number of thiophene rings is 1. The number of allylic oxidation sites excluding steroid dienone is 3. The molecule has 1 aliphatic carbocycles. The second kappa shape index (κ2) is 15.7. The van der Waals surface area contributed by atoms with Crippen LogP contribution in [0.4, 0.5) is 11.4 Å². The molecule has 0 saturated heterocycles. The van der Waals surface area contributed by atoms with Crippen molar-refractivity contribution >= 4 is 64.8 Å². The van der Waals surface area contributed by atoms with E-state index in [4.69, 9.17) is 4.42 Å². The first-order valence-corrected chi connectivity index (χ1v) is 21.8. The molecule has 0 radical (unpaired) electrons. The maximum Gasteiger partial charge on any atom is 0.135 e. The number of furan rings is 1. The number of anilines is 2. The van der Waals surface area contributed by atoms with Gasteiger partial charge in [0.2, 0.25) is 0 Å². The molecule has 288 valence electrons. The maximum absolute atomic E-state index is 6.45. The lowest BCUT2D eigenvalue weighted by Crippen LogP contribution is -2.17. The monoisotopic (exact) mass is 789 g/mol. The molecule has 0 bridgehead atoms. The minimum atomic E-state index is -0.00954. The number of rotatable bonds is 10. The van der Waals surface area contributed by atoms with E-state index < -0.39 is 0 Å². The van der Waals surface area contributed by atoms with Crippen LogP contribution in [-0.4, -0.2) is 0 Å². The van der Waals surface area contributed by atoms with Gasteiger partial charge in [-0.25, -0.2) is 0 Å². The van der Waals surface area contributed by atoms with Crippen LogP contribution in [0.5, 0.6) is 0 Å². The van der Waals surface area contributed by atoms with Crippen LogP contribution in [0.1, 0.15) is 58.1 Å². The van der Waals surface area contributed by atoms with Crippen molar-refractivity contribution in [3.05, 3.63) is 251 Å². The van der Waals surface area contributed by atoms with Gasteiger partial charge in [0.1, 0.15) is 11.2 Å². The summed E-state index contributed by atoms with van der Waals surface area (Å²) in [4.78, 5) is 2.51. The SMILES string of the molecule is C1=CC(N(c2ccccc2)c2cc(CC(c3ccccc3)c3ccccc3)cc3sc4ccc(C(c5ccccc5)c5cccc6oc7ccccc7c56)cc4c23)=CCC1. The van der Waals surface area contributed by atoms with Gasteiger partial charge in [0.25, 0.3) is 0 Å². The molecular formula is C57H43NOS. The van der Waals surface area contributed by atoms with Gasteiger partial charge in [-0.2, -0.15) is 0 Å². The van der Waals surface area contributed by atoms with Gasteiger partial charge in [-0.1, -0.05) is 158 Å². The normalized spacial score (nSPS) is 13.4. The average Bonchev–Trinajstić information content (AvgIpc) is 3.89. The van der Waals surface area contributed by atoms with Crippen molar-refractivity contribution in [1.82, 2.24) is 0 Å². The molecule has 0 spiro atoms. The minimum Gasteiger partial charge on any atom is -0.456 e. The third-order valence-corrected chi connectivity index (χ3v) is 13.3. The van der Waals surface area contributed by atoms with E-state index in [-0.39, 0.29) is 11.8 Å². The van der Waals surface area contributed by atoms with Crippen molar-refractivity contribution < 1.29 is 4.42 Å². The summed E-state index contributed by atoms with van der Waals surface area (Å²) in [6, 6.07) is 71.1. The molecule has 0 fully saturated rings. The molecule has 0 N–H and O–H groups in total. The smallest absolute Gasteiger partial charge is 0.135 e. The van der Waals surface area contributed by atoms with E-state index in [0.717, 1.165) is 41.5 Å². The summed E-state index contributed by atoms with van der Waals surface area (Å²) in [5.41, 5.74) is 13.2. The molecule has 0 aliphatic heterocycles. The predicted octanol–water partition coefficient (Wildman–Crippen LogP) is 15.9. The lowest BCUT2D eigenvalue weighted by Gasteiger charge is -2.29. The number of hydrogen-bond acceptors (Lipinski definition) is 3. The Kier molecular flexibility index (Phi) is 9.45. The Bertz CT molecular complexity index is 3140. The Balaban J connectivity index is 1.16. The van der Waals surface area contributed by atoms with Crippen LogP contribution >= 0.6 is 11.3 Å². The zero-order valence-electron chi connectivity index (χ0n) is 33.2. The van der Waals surface area contributed by atoms with Crippen molar-refractivity contribution in [3.63, 3.8) is 0 Å².